The van der Waals surface area contributed by atoms with Crippen molar-refractivity contribution < 1.29 is 9.53 Å². The number of unbranched alkanes of at least 4 members (excludes halogenated alkanes) is 3. The maximum absolute atomic E-state index is 11.3. The van der Waals surface area contributed by atoms with Crippen LogP contribution < -0.4 is 0 Å². The van der Waals surface area contributed by atoms with Crippen LogP contribution >= 0.6 is 0 Å². The lowest BCUT2D eigenvalue weighted by Gasteiger charge is -2.11. The Kier molecular flexibility index (Phi) is 11.7. The van der Waals surface area contributed by atoms with Crippen LogP contribution in [0.3, 0.4) is 0 Å². The highest BCUT2D eigenvalue weighted by Gasteiger charge is 2.04. The molecule has 0 aromatic carbocycles. The highest BCUT2D eigenvalue weighted by atomic mass is 16.5. The van der Waals surface area contributed by atoms with Gasteiger partial charge in [-0.2, -0.15) is 0 Å². The first-order chi connectivity index (χ1) is 8.74. The fourth-order valence-corrected chi connectivity index (χ4v) is 1.94. The van der Waals surface area contributed by atoms with Crippen molar-refractivity contribution in [3.05, 3.63) is 24.8 Å². The molecule has 0 amide bonds. The molecule has 0 saturated carbocycles. The molecule has 0 aliphatic carbocycles. The van der Waals surface area contributed by atoms with E-state index in [4.69, 9.17) is 4.74 Å². The van der Waals surface area contributed by atoms with Gasteiger partial charge < -0.3 is 4.74 Å². The molecule has 104 valence electrons. The summed E-state index contributed by atoms with van der Waals surface area (Å²) in [6.45, 7) is 8.21. The Labute approximate surface area is 112 Å². The molecule has 0 radical (unpaired) electrons. The molecule has 2 nitrogen and oxygen atoms in total. The van der Waals surface area contributed by atoms with Crippen LogP contribution in [0, 0.1) is 5.92 Å². The number of allylic oxidation sites excluding steroid dienone is 1. The second-order valence-corrected chi connectivity index (χ2v) is 4.68. The van der Waals surface area contributed by atoms with E-state index in [1.165, 1.54) is 32.1 Å². The summed E-state index contributed by atoms with van der Waals surface area (Å²) in [6.07, 6.45) is 13.8. The van der Waals surface area contributed by atoms with Crippen LogP contribution in [0.2, 0.25) is 0 Å². The molecule has 0 bridgehead atoms. The van der Waals surface area contributed by atoms with E-state index >= 15 is 0 Å². The maximum Gasteiger partial charge on any atom is 0.330 e. The minimum Gasteiger partial charge on any atom is -0.458 e. The Morgan fingerprint density at radius 2 is 1.94 bits per heavy atom. The molecule has 0 aliphatic rings. The second kappa shape index (κ2) is 12.4. The fourth-order valence-electron chi connectivity index (χ4n) is 1.94. The van der Waals surface area contributed by atoms with Crippen LogP contribution in [0.15, 0.2) is 24.8 Å². The zero-order chi connectivity index (χ0) is 13.6. The van der Waals surface area contributed by atoms with Crippen molar-refractivity contribution in [3.63, 3.8) is 0 Å². The number of ether oxygens (including phenoxy) is 1. The SMILES string of the molecule is C=CCOC(=O)C=CC(CCC)CCCCCC. The lowest BCUT2D eigenvalue weighted by atomic mass is 9.96. The van der Waals surface area contributed by atoms with Gasteiger partial charge in [-0.1, -0.05) is 64.7 Å². The summed E-state index contributed by atoms with van der Waals surface area (Å²) in [5, 5.41) is 0. The highest BCUT2D eigenvalue weighted by molar-refractivity contribution is 5.81. The molecule has 1 atom stereocenters. The Bertz CT molecular complexity index is 243. The smallest absolute Gasteiger partial charge is 0.330 e. The molecule has 0 aromatic heterocycles. The number of carbonyl (C=O) groups excluding carboxylic acids is 1. The third-order valence-electron chi connectivity index (χ3n) is 2.94. The van der Waals surface area contributed by atoms with E-state index in [2.05, 4.69) is 20.4 Å². The molecular formula is C16H28O2. The molecule has 0 saturated heterocycles. The number of rotatable bonds is 11. The maximum atomic E-state index is 11.3. The van der Waals surface area contributed by atoms with E-state index in [9.17, 15) is 4.79 Å². The Balaban J connectivity index is 3.96. The molecule has 0 aliphatic heterocycles. The average molecular weight is 252 g/mol. The topological polar surface area (TPSA) is 26.3 Å². The summed E-state index contributed by atoms with van der Waals surface area (Å²) in [5.74, 6) is 0.257. The lowest BCUT2D eigenvalue weighted by molar-refractivity contribution is -0.136. The summed E-state index contributed by atoms with van der Waals surface area (Å²) in [4.78, 5) is 11.3. The van der Waals surface area contributed by atoms with E-state index in [1.54, 1.807) is 12.2 Å². The first kappa shape index (κ1) is 16.9. The van der Waals surface area contributed by atoms with Crippen LogP contribution in [0.4, 0.5) is 0 Å². The van der Waals surface area contributed by atoms with Gasteiger partial charge in [0.05, 0.1) is 0 Å². The first-order valence-corrected chi connectivity index (χ1v) is 7.20. The van der Waals surface area contributed by atoms with E-state index < -0.39 is 0 Å². The Morgan fingerprint density at radius 3 is 2.56 bits per heavy atom. The van der Waals surface area contributed by atoms with Gasteiger partial charge in [0.2, 0.25) is 0 Å². The van der Waals surface area contributed by atoms with Gasteiger partial charge in [0.1, 0.15) is 6.61 Å². The molecule has 0 N–H and O–H groups in total. The summed E-state index contributed by atoms with van der Waals surface area (Å²) < 4.78 is 4.92. The van der Waals surface area contributed by atoms with Gasteiger partial charge in [-0.25, -0.2) is 4.79 Å². The number of hydrogen-bond acceptors (Lipinski definition) is 2. The number of esters is 1. The van der Waals surface area contributed by atoms with Crippen LogP contribution in [0.5, 0.6) is 0 Å². The van der Waals surface area contributed by atoms with Crippen molar-refractivity contribution in [2.24, 2.45) is 5.92 Å². The van der Waals surface area contributed by atoms with Gasteiger partial charge in [-0.15, -0.1) is 0 Å². The summed E-state index contributed by atoms with van der Waals surface area (Å²) >= 11 is 0. The van der Waals surface area contributed by atoms with E-state index in [-0.39, 0.29) is 12.6 Å². The van der Waals surface area contributed by atoms with Crippen molar-refractivity contribution in [3.8, 4) is 0 Å². The minimum absolute atomic E-state index is 0.260. The molecular weight excluding hydrogens is 224 g/mol. The van der Waals surface area contributed by atoms with Crippen LogP contribution in [-0.2, 0) is 9.53 Å². The Morgan fingerprint density at radius 1 is 1.17 bits per heavy atom. The number of carbonyl (C=O) groups is 1. The lowest BCUT2D eigenvalue weighted by Crippen LogP contribution is -2.02. The van der Waals surface area contributed by atoms with Gasteiger partial charge in [0.25, 0.3) is 0 Å². The fraction of sp³-hybridized carbons (Fsp3) is 0.688. The first-order valence-electron chi connectivity index (χ1n) is 7.20. The van der Waals surface area contributed by atoms with Gasteiger partial charge >= 0.3 is 5.97 Å². The molecule has 18 heavy (non-hydrogen) atoms. The summed E-state index contributed by atoms with van der Waals surface area (Å²) in [6, 6.07) is 0. The minimum atomic E-state index is -0.260. The third-order valence-corrected chi connectivity index (χ3v) is 2.94. The highest BCUT2D eigenvalue weighted by Crippen LogP contribution is 2.17. The van der Waals surface area contributed by atoms with E-state index in [0.717, 1.165) is 12.8 Å². The Hall–Kier alpha value is -1.05. The zero-order valence-electron chi connectivity index (χ0n) is 12.0. The van der Waals surface area contributed by atoms with E-state index in [1.807, 2.05) is 6.08 Å². The standard InChI is InChI=1S/C16H28O2/c1-4-7-8-9-11-15(10-5-2)12-13-16(17)18-14-6-3/h6,12-13,15H,3-5,7-11,14H2,1-2H3. The monoisotopic (exact) mass is 252 g/mol. The number of hydrogen-bond donors (Lipinski definition) is 0. The van der Waals surface area contributed by atoms with Crippen molar-refractivity contribution in [1.82, 2.24) is 0 Å². The molecule has 0 rings (SSSR count). The van der Waals surface area contributed by atoms with Crippen molar-refractivity contribution in [2.45, 2.75) is 58.8 Å². The third kappa shape index (κ3) is 10.1. The predicted octanol–water partition coefficient (Wildman–Crippen LogP) is 4.66. The van der Waals surface area contributed by atoms with Crippen LogP contribution in [0.1, 0.15) is 58.8 Å². The van der Waals surface area contributed by atoms with Gasteiger partial charge in [-0.3, -0.25) is 0 Å². The van der Waals surface area contributed by atoms with E-state index in [0.29, 0.717) is 5.92 Å². The molecule has 0 heterocycles. The van der Waals surface area contributed by atoms with Crippen molar-refractivity contribution in [2.75, 3.05) is 6.61 Å². The van der Waals surface area contributed by atoms with Crippen molar-refractivity contribution in [1.29, 1.82) is 0 Å². The average Bonchev–Trinajstić information content (AvgIpc) is 2.38. The largest absolute Gasteiger partial charge is 0.458 e. The molecule has 0 fully saturated rings. The molecule has 0 spiro atoms. The van der Waals surface area contributed by atoms with Gasteiger partial charge in [0, 0.05) is 6.08 Å². The van der Waals surface area contributed by atoms with Gasteiger partial charge in [0.15, 0.2) is 0 Å². The quantitative estimate of drug-likeness (QED) is 0.231. The summed E-state index contributed by atoms with van der Waals surface area (Å²) in [5.41, 5.74) is 0. The molecule has 1 unspecified atom stereocenters. The molecule has 0 aromatic rings. The second-order valence-electron chi connectivity index (χ2n) is 4.68. The normalized spacial score (nSPS) is 12.6. The van der Waals surface area contributed by atoms with Gasteiger partial charge in [-0.05, 0) is 18.8 Å². The van der Waals surface area contributed by atoms with Crippen LogP contribution in [0.25, 0.3) is 0 Å². The van der Waals surface area contributed by atoms with Crippen LogP contribution in [-0.4, -0.2) is 12.6 Å². The van der Waals surface area contributed by atoms with Crippen molar-refractivity contribution >= 4 is 5.97 Å². The predicted molar refractivity (Wildman–Crippen MR) is 77.5 cm³/mol. The summed E-state index contributed by atoms with van der Waals surface area (Å²) in [7, 11) is 0. The molecule has 2 heteroatoms. The zero-order valence-corrected chi connectivity index (χ0v) is 12.0.